The molecule has 0 aromatic heterocycles. The number of halogens is 1. The summed E-state index contributed by atoms with van der Waals surface area (Å²) < 4.78 is 10.2. The molecule has 1 aromatic carbocycles. The molecule has 1 aromatic rings. The fourth-order valence-electron chi connectivity index (χ4n) is 1.94. The summed E-state index contributed by atoms with van der Waals surface area (Å²) in [6, 6.07) is 3.06. The Morgan fingerprint density at radius 1 is 1.25 bits per heavy atom. The van der Waals surface area contributed by atoms with Crippen LogP contribution >= 0.6 is 11.6 Å². The van der Waals surface area contributed by atoms with Crippen LogP contribution in [-0.4, -0.2) is 31.2 Å². The predicted molar refractivity (Wildman–Crippen MR) is 72.4 cm³/mol. The van der Waals surface area contributed by atoms with E-state index in [0.717, 1.165) is 0 Å². The van der Waals surface area contributed by atoms with E-state index in [-0.39, 0.29) is 5.91 Å². The molecule has 0 spiro atoms. The second-order valence-corrected chi connectivity index (χ2v) is 4.87. The molecule has 0 heterocycles. The van der Waals surface area contributed by atoms with Gasteiger partial charge in [0.05, 0.1) is 36.8 Å². The van der Waals surface area contributed by atoms with Crippen molar-refractivity contribution in [1.29, 1.82) is 0 Å². The van der Waals surface area contributed by atoms with E-state index in [9.17, 15) is 9.59 Å². The number of benzene rings is 1. The first-order valence-corrected chi connectivity index (χ1v) is 6.31. The molecule has 6 nitrogen and oxygen atoms in total. The van der Waals surface area contributed by atoms with Gasteiger partial charge in [-0.05, 0) is 6.42 Å². The highest BCUT2D eigenvalue weighted by Gasteiger charge is 2.48. The monoisotopic (exact) mass is 299 g/mol. The quantitative estimate of drug-likeness (QED) is 0.869. The number of carbonyl (C=O) groups excluding carboxylic acids is 1. The van der Waals surface area contributed by atoms with E-state index >= 15 is 0 Å². The van der Waals surface area contributed by atoms with Crippen LogP contribution < -0.4 is 14.8 Å². The number of aliphatic carboxylic acids is 1. The average Bonchev–Trinajstić information content (AvgIpc) is 3.20. The summed E-state index contributed by atoms with van der Waals surface area (Å²) in [7, 11) is 2.91. The highest BCUT2D eigenvalue weighted by atomic mass is 35.5. The number of carboxylic acids is 1. The highest BCUT2D eigenvalue weighted by molar-refractivity contribution is 6.32. The lowest BCUT2D eigenvalue weighted by molar-refractivity contribution is -0.139. The molecular weight excluding hydrogens is 286 g/mol. The molecule has 20 heavy (non-hydrogen) atoms. The third-order valence-corrected chi connectivity index (χ3v) is 3.47. The Bertz CT molecular complexity index is 560. The van der Waals surface area contributed by atoms with Crippen LogP contribution in [0.2, 0.25) is 5.02 Å². The summed E-state index contributed by atoms with van der Waals surface area (Å²) in [4.78, 5) is 22.7. The van der Waals surface area contributed by atoms with Crippen molar-refractivity contribution in [3.8, 4) is 11.5 Å². The summed E-state index contributed by atoms with van der Waals surface area (Å²) in [6.45, 7) is 0. The first-order valence-electron chi connectivity index (χ1n) is 5.93. The zero-order valence-corrected chi connectivity index (χ0v) is 11.7. The largest absolute Gasteiger partial charge is 0.495 e. The molecule has 0 saturated heterocycles. The zero-order chi connectivity index (χ0) is 14.9. The first-order chi connectivity index (χ1) is 9.47. The molecule has 1 amide bonds. The number of hydrogen-bond donors (Lipinski definition) is 2. The number of methoxy groups -OCH3 is 2. The van der Waals surface area contributed by atoms with Gasteiger partial charge in [0.25, 0.3) is 0 Å². The Labute approximate surface area is 120 Å². The molecule has 2 atom stereocenters. The van der Waals surface area contributed by atoms with Crippen molar-refractivity contribution in [2.75, 3.05) is 19.5 Å². The van der Waals surface area contributed by atoms with Gasteiger partial charge in [0.15, 0.2) is 0 Å². The standard InChI is InChI=1S/C13H14ClNO5/c1-19-10-5-9(11(20-2)4-8(10)14)15-12(16)6-3-7(6)13(17)18/h4-7H,3H2,1-2H3,(H,15,16)(H,17,18)/t6-,7+/m1/s1. The Morgan fingerprint density at radius 3 is 2.40 bits per heavy atom. The van der Waals surface area contributed by atoms with Crippen molar-refractivity contribution in [2.45, 2.75) is 6.42 Å². The van der Waals surface area contributed by atoms with Crippen LogP contribution in [0.25, 0.3) is 0 Å². The van der Waals surface area contributed by atoms with Crippen molar-refractivity contribution < 1.29 is 24.2 Å². The number of hydrogen-bond acceptors (Lipinski definition) is 4. The highest BCUT2D eigenvalue weighted by Crippen LogP contribution is 2.41. The molecule has 0 radical (unpaired) electrons. The Kier molecular flexibility index (Phi) is 4.04. The van der Waals surface area contributed by atoms with E-state index in [2.05, 4.69) is 5.32 Å². The van der Waals surface area contributed by atoms with Crippen molar-refractivity contribution in [1.82, 2.24) is 0 Å². The minimum absolute atomic E-state index is 0.347. The van der Waals surface area contributed by atoms with Gasteiger partial charge in [-0.25, -0.2) is 0 Å². The van der Waals surface area contributed by atoms with Gasteiger partial charge in [-0.1, -0.05) is 11.6 Å². The molecule has 7 heteroatoms. The molecule has 1 aliphatic rings. The smallest absolute Gasteiger partial charge is 0.307 e. The Morgan fingerprint density at radius 2 is 1.90 bits per heavy atom. The van der Waals surface area contributed by atoms with Gasteiger partial charge < -0.3 is 19.9 Å². The second kappa shape index (κ2) is 5.58. The van der Waals surface area contributed by atoms with E-state index in [1.165, 1.54) is 26.4 Å². The normalized spacial score (nSPS) is 20.1. The van der Waals surface area contributed by atoms with Crippen LogP contribution in [0.3, 0.4) is 0 Å². The number of amides is 1. The van der Waals surface area contributed by atoms with Crippen LogP contribution in [0.4, 0.5) is 5.69 Å². The minimum atomic E-state index is -0.953. The average molecular weight is 300 g/mol. The number of anilines is 1. The number of carbonyl (C=O) groups is 2. The first kappa shape index (κ1) is 14.5. The molecule has 1 fully saturated rings. The van der Waals surface area contributed by atoms with E-state index in [1.807, 2.05) is 0 Å². The van der Waals surface area contributed by atoms with Crippen LogP contribution in [0.1, 0.15) is 6.42 Å². The summed E-state index contributed by atoms with van der Waals surface area (Å²) in [5.74, 6) is -1.62. The molecule has 1 aliphatic carbocycles. The molecule has 2 rings (SSSR count). The van der Waals surface area contributed by atoms with Gasteiger partial charge in [0, 0.05) is 12.1 Å². The lowest BCUT2D eigenvalue weighted by Crippen LogP contribution is -2.17. The topological polar surface area (TPSA) is 84.9 Å². The molecule has 1 saturated carbocycles. The zero-order valence-electron chi connectivity index (χ0n) is 11.0. The molecule has 2 N–H and O–H groups in total. The molecule has 0 bridgehead atoms. The van der Waals surface area contributed by atoms with Gasteiger partial charge >= 0.3 is 5.97 Å². The minimum Gasteiger partial charge on any atom is -0.495 e. The Balaban J connectivity index is 2.16. The molecular formula is C13H14ClNO5. The second-order valence-electron chi connectivity index (χ2n) is 4.46. The SMILES string of the molecule is COc1cc(NC(=O)[C@@H]2C[C@@H]2C(=O)O)c(OC)cc1Cl. The lowest BCUT2D eigenvalue weighted by atomic mass is 10.2. The summed E-state index contributed by atoms with van der Waals surface area (Å²) >= 11 is 5.96. The third kappa shape index (κ3) is 2.80. The molecule has 0 aliphatic heterocycles. The van der Waals surface area contributed by atoms with Crippen molar-refractivity contribution >= 4 is 29.2 Å². The van der Waals surface area contributed by atoms with Gasteiger partial charge in [0.1, 0.15) is 11.5 Å². The molecule has 0 unspecified atom stereocenters. The maximum Gasteiger partial charge on any atom is 0.307 e. The van der Waals surface area contributed by atoms with Crippen LogP contribution in [-0.2, 0) is 9.59 Å². The van der Waals surface area contributed by atoms with E-state index in [1.54, 1.807) is 0 Å². The van der Waals surface area contributed by atoms with Crippen molar-refractivity contribution in [2.24, 2.45) is 11.8 Å². The van der Waals surface area contributed by atoms with Gasteiger partial charge in [-0.3, -0.25) is 9.59 Å². The van der Waals surface area contributed by atoms with Crippen molar-refractivity contribution in [3.63, 3.8) is 0 Å². The number of rotatable bonds is 5. The van der Waals surface area contributed by atoms with E-state index < -0.39 is 17.8 Å². The van der Waals surface area contributed by atoms with Crippen LogP contribution in [0.5, 0.6) is 11.5 Å². The van der Waals surface area contributed by atoms with E-state index in [0.29, 0.717) is 28.6 Å². The molecule has 108 valence electrons. The maximum absolute atomic E-state index is 11.9. The third-order valence-electron chi connectivity index (χ3n) is 3.18. The number of carboxylic acid groups (broad SMARTS) is 1. The number of nitrogens with one attached hydrogen (secondary N) is 1. The summed E-state index contributed by atoms with van der Waals surface area (Å²) in [5.41, 5.74) is 0.398. The Hall–Kier alpha value is -1.95. The van der Waals surface area contributed by atoms with Crippen molar-refractivity contribution in [3.05, 3.63) is 17.2 Å². The fraction of sp³-hybridized carbons (Fsp3) is 0.385. The van der Waals surface area contributed by atoms with Gasteiger partial charge in [-0.2, -0.15) is 0 Å². The van der Waals surface area contributed by atoms with Gasteiger partial charge in [-0.15, -0.1) is 0 Å². The van der Waals surface area contributed by atoms with Crippen LogP contribution in [0.15, 0.2) is 12.1 Å². The predicted octanol–water partition coefficient (Wildman–Crippen LogP) is 2.02. The maximum atomic E-state index is 11.9. The summed E-state index contributed by atoms with van der Waals surface area (Å²) in [6.07, 6.45) is 0.355. The van der Waals surface area contributed by atoms with E-state index in [4.69, 9.17) is 26.2 Å². The van der Waals surface area contributed by atoms with Gasteiger partial charge in [0.2, 0.25) is 5.91 Å². The van der Waals surface area contributed by atoms with Crippen LogP contribution in [0, 0.1) is 11.8 Å². The summed E-state index contributed by atoms with van der Waals surface area (Å²) in [5, 5.41) is 11.8. The number of ether oxygens (including phenoxy) is 2. The fourth-order valence-corrected chi connectivity index (χ4v) is 2.17. The lowest BCUT2D eigenvalue weighted by Gasteiger charge is -2.13.